The van der Waals surface area contributed by atoms with Gasteiger partial charge >= 0.3 is 0 Å². The molecule has 0 spiro atoms. The first-order valence-electron chi connectivity index (χ1n) is 9.88. The molecule has 1 aromatic carbocycles. The normalized spacial score (nSPS) is 25.5. The van der Waals surface area contributed by atoms with E-state index in [0.29, 0.717) is 5.41 Å². The molecule has 2 nitrogen and oxygen atoms in total. The highest BCUT2D eigenvalue weighted by atomic mass is 15.0. The first kappa shape index (κ1) is 15.9. The predicted octanol–water partition coefficient (Wildman–Crippen LogP) is 5.30. The van der Waals surface area contributed by atoms with Crippen molar-refractivity contribution in [2.45, 2.75) is 76.7 Å². The lowest BCUT2D eigenvalue weighted by atomic mass is 9.58. The lowest BCUT2D eigenvalue weighted by Gasteiger charge is -2.47. The van der Waals surface area contributed by atoms with Gasteiger partial charge in [0.2, 0.25) is 0 Å². The molecular weight excluding hydrogens is 292 g/mol. The van der Waals surface area contributed by atoms with E-state index in [1.807, 2.05) is 12.5 Å². The Morgan fingerprint density at radius 2 is 2.21 bits per heavy atom. The molecule has 2 aliphatic rings. The quantitative estimate of drug-likeness (QED) is 0.705. The molecule has 1 aromatic heterocycles. The van der Waals surface area contributed by atoms with E-state index in [0.717, 1.165) is 12.5 Å². The number of imidazole rings is 1. The molecule has 4 rings (SSSR count). The van der Waals surface area contributed by atoms with Crippen LogP contribution in [0.25, 0.3) is 0 Å². The first-order valence-corrected chi connectivity index (χ1v) is 9.88. The third-order valence-corrected chi connectivity index (χ3v) is 6.42. The molecule has 2 aromatic rings. The van der Waals surface area contributed by atoms with Crippen LogP contribution in [0.3, 0.4) is 0 Å². The molecule has 0 saturated carbocycles. The van der Waals surface area contributed by atoms with Gasteiger partial charge in [-0.3, -0.25) is 0 Å². The Balaban J connectivity index is 1.61. The van der Waals surface area contributed by atoms with E-state index < -0.39 is 0 Å². The molecular formula is C22H30N2. The summed E-state index contributed by atoms with van der Waals surface area (Å²) in [7, 11) is 0. The summed E-state index contributed by atoms with van der Waals surface area (Å²) in [6, 6.07) is 7.14. The van der Waals surface area contributed by atoms with Crippen LogP contribution in [0.2, 0.25) is 0 Å². The van der Waals surface area contributed by atoms with Gasteiger partial charge in [0.15, 0.2) is 0 Å². The first-order chi connectivity index (χ1) is 11.8. The molecule has 1 unspecified atom stereocenters. The van der Waals surface area contributed by atoms with Gasteiger partial charge in [-0.1, -0.05) is 38.0 Å². The zero-order valence-corrected chi connectivity index (χ0v) is 15.0. The van der Waals surface area contributed by atoms with Crippen molar-refractivity contribution < 1.29 is 0 Å². The van der Waals surface area contributed by atoms with Crippen LogP contribution in [-0.4, -0.2) is 9.55 Å². The van der Waals surface area contributed by atoms with Gasteiger partial charge in [-0.15, -0.1) is 0 Å². The number of aromatic nitrogens is 2. The molecule has 2 heteroatoms. The van der Waals surface area contributed by atoms with Crippen LogP contribution >= 0.6 is 0 Å². The minimum Gasteiger partial charge on any atom is -0.337 e. The van der Waals surface area contributed by atoms with Crippen molar-refractivity contribution in [2.24, 2.45) is 5.92 Å². The van der Waals surface area contributed by atoms with Crippen LogP contribution in [0.15, 0.2) is 36.9 Å². The molecule has 0 aliphatic heterocycles. The highest BCUT2D eigenvalue weighted by Crippen LogP contribution is 2.51. The van der Waals surface area contributed by atoms with E-state index >= 15 is 0 Å². The summed E-state index contributed by atoms with van der Waals surface area (Å²) in [6.45, 7) is 3.45. The van der Waals surface area contributed by atoms with E-state index in [4.69, 9.17) is 0 Å². The Morgan fingerprint density at radius 3 is 3.04 bits per heavy atom. The van der Waals surface area contributed by atoms with E-state index in [2.05, 4.69) is 40.9 Å². The zero-order chi connectivity index (χ0) is 16.4. The Labute approximate surface area is 146 Å². The maximum absolute atomic E-state index is 4.19. The second kappa shape index (κ2) is 6.74. The summed E-state index contributed by atoms with van der Waals surface area (Å²) in [5, 5.41) is 0. The largest absolute Gasteiger partial charge is 0.337 e. The zero-order valence-electron chi connectivity index (χ0n) is 15.0. The third kappa shape index (κ3) is 2.92. The lowest BCUT2D eigenvalue weighted by Crippen LogP contribution is -2.39. The third-order valence-electron chi connectivity index (χ3n) is 6.42. The fourth-order valence-electron chi connectivity index (χ4n) is 5.42. The maximum Gasteiger partial charge on any atom is 0.0945 e. The van der Waals surface area contributed by atoms with Crippen molar-refractivity contribution in [2.75, 3.05) is 0 Å². The van der Waals surface area contributed by atoms with Gasteiger partial charge in [0.25, 0.3) is 0 Å². The monoisotopic (exact) mass is 322 g/mol. The van der Waals surface area contributed by atoms with E-state index in [1.165, 1.54) is 57.8 Å². The van der Waals surface area contributed by atoms with Gasteiger partial charge in [0.05, 0.1) is 6.33 Å². The molecule has 0 radical (unpaired) electrons. The number of aryl methyl sites for hydroxylation is 2. The highest BCUT2D eigenvalue weighted by molar-refractivity contribution is 5.45. The number of nitrogens with zero attached hydrogens (tertiary/aromatic N) is 2. The molecule has 2 aliphatic carbocycles. The Bertz CT molecular complexity index is 673. The lowest BCUT2D eigenvalue weighted by molar-refractivity contribution is 0.218. The molecule has 1 heterocycles. The second-order valence-corrected chi connectivity index (χ2v) is 8.05. The maximum atomic E-state index is 4.19. The molecule has 24 heavy (non-hydrogen) atoms. The number of unbranched alkanes of at least 4 members (excludes halogenated alkanes) is 1. The molecule has 0 saturated heterocycles. The number of rotatable bonds is 6. The Morgan fingerprint density at radius 1 is 1.29 bits per heavy atom. The minimum absolute atomic E-state index is 0.484. The van der Waals surface area contributed by atoms with Crippen LogP contribution in [-0.2, 0) is 24.8 Å². The highest BCUT2D eigenvalue weighted by Gasteiger charge is 2.42. The topological polar surface area (TPSA) is 17.8 Å². The van der Waals surface area contributed by atoms with E-state index in [1.54, 1.807) is 16.7 Å². The Hall–Kier alpha value is -1.57. The standard InChI is InChI=1S/C22H30N2/c1-2-3-10-22-11-5-8-19-6-4-7-20(21(19)22)15-18(16-22)9-13-24-14-12-23-17-24/h4,6-7,12,14,17-18H,2-3,5,8-11,13,15-16H2,1H3/t18?,22-/m1/s1. The van der Waals surface area contributed by atoms with Gasteiger partial charge < -0.3 is 4.57 Å². The molecule has 0 fully saturated rings. The average Bonchev–Trinajstić information content (AvgIpc) is 3.12. The number of hydrogen-bond acceptors (Lipinski definition) is 1. The fourth-order valence-corrected chi connectivity index (χ4v) is 5.42. The van der Waals surface area contributed by atoms with Crippen molar-refractivity contribution in [3.8, 4) is 0 Å². The summed E-state index contributed by atoms with van der Waals surface area (Å²) in [5.41, 5.74) is 5.61. The molecule has 0 amide bonds. The summed E-state index contributed by atoms with van der Waals surface area (Å²) < 4.78 is 2.24. The van der Waals surface area contributed by atoms with Crippen molar-refractivity contribution in [1.82, 2.24) is 9.55 Å². The van der Waals surface area contributed by atoms with E-state index in [-0.39, 0.29) is 0 Å². The molecule has 2 atom stereocenters. The van der Waals surface area contributed by atoms with Crippen molar-refractivity contribution in [3.63, 3.8) is 0 Å². The van der Waals surface area contributed by atoms with Crippen molar-refractivity contribution >= 4 is 0 Å². The minimum atomic E-state index is 0.484. The van der Waals surface area contributed by atoms with Crippen LogP contribution in [0.1, 0.15) is 68.6 Å². The second-order valence-electron chi connectivity index (χ2n) is 8.05. The Kier molecular flexibility index (Phi) is 4.47. The van der Waals surface area contributed by atoms with Gasteiger partial charge in [-0.05, 0) is 73.0 Å². The van der Waals surface area contributed by atoms with Gasteiger partial charge in [-0.2, -0.15) is 0 Å². The summed E-state index contributed by atoms with van der Waals surface area (Å²) in [6.07, 6.45) is 18.1. The van der Waals surface area contributed by atoms with Crippen LogP contribution < -0.4 is 0 Å². The summed E-state index contributed by atoms with van der Waals surface area (Å²) in [5.74, 6) is 0.824. The van der Waals surface area contributed by atoms with Gasteiger partial charge in [0.1, 0.15) is 0 Å². The van der Waals surface area contributed by atoms with Gasteiger partial charge in [0, 0.05) is 18.9 Å². The predicted molar refractivity (Wildman–Crippen MR) is 99.2 cm³/mol. The summed E-state index contributed by atoms with van der Waals surface area (Å²) >= 11 is 0. The molecule has 0 N–H and O–H groups in total. The molecule has 0 bridgehead atoms. The van der Waals surface area contributed by atoms with Crippen molar-refractivity contribution in [3.05, 3.63) is 53.6 Å². The van der Waals surface area contributed by atoms with Crippen LogP contribution in [0, 0.1) is 5.92 Å². The fraction of sp³-hybridized carbons (Fsp3) is 0.591. The smallest absolute Gasteiger partial charge is 0.0945 e. The number of hydrogen-bond donors (Lipinski definition) is 0. The van der Waals surface area contributed by atoms with Crippen LogP contribution in [0.5, 0.6) is 0 Å². The average molecular weight is 322 g/mol. The summed E-state index contributed by atoms with van der Waals surface area (Å²) in [4.78, 5) is 4.19. The number of benzene rings is 1. The van der Waals surface area contributed by atoms with Crippen LogP contribution in [0.4, 0.5) is 0 Å². The van der Waals surface area contributed by atoms with Crippen molar-refractivity contribution in [1.29, 1.82) is 0 Å². The van der Waals surface area contributed by atoms with E-state index in [9.17, 15) is 0 Å². The molecule has 128 valence electrons. The van der Waals surface area contributed by atoms with Gasteiger partial charge in [-0.25, -0.2) is 4.98 Å². The SMILES string of the molecule is CCCC[C@]12CCCc3cccc(c31)CC(CCn1ccnc1)C2.